The van der Waals surface area contributed by atoms with E-state index in [1.165, 1.54) is 28.0 Å². The molecular formula is C26H29ClF4N4O4S. The first kappa shape index (κ1) is 30.2. The molecule has 2 N–H and O–H groups in total. The highest BCUT2D eigenvalue weighted by atomic mass is 35.5. The molecule has 1 atom stereocenters. The van der Waals surface area contributed by atoms with Gasteiger partial charge in [-0.25, -0.2) is 17.6 Å². The maximum absolute atomic E-state index is 14.0. The topological polar surface area (TPSA) is 91.0 Å². The van der Waals surface area contributed by atoms with Gasteiger partial charge in [0.2, 0.25) is 5.91 Å². The molecular weight excluding hydrogens is 576 g/mol. The predicted octanol–water partition coefficient (Wildman–Crippen LogP) is 4.81. The number of amides is 3. The molecule has 218 valence electrons. The summed E-state index contributed by atoms with van der Waals surface area (Å²) in [6.07, 6.45) is -3.04. The van der Waals surface area contributed by atoms with Crippen LogP contribution in [-0.4, -0.2) is 74.5 Å². The molecule has 1 aromatic carbocycles. The van der Waals surface area contributed by atoms with Crippen LogP contribution in [0.25, 0.3) is 0 Å². The Balaban J connectivity index is 1.56. The van der Waals surface area contributed by atoms with Crippen molar-refractivity contribution < 1.29 is 36.7 Å². The average molecular weight is 605 g/mol. The average Bonchev–Trinajstić information content (AvgIpc) is 3.32. The molecule has 2 aromatic rings. The van der Waals surface area contributed by atoms with Gasteiger partial charge in [0, 0.05) is 30.9 Å². The Bertz CT molecular complexity index is 1210. The number of carbonyl (C=O) groups excluding carboxylic acids is 3. The van der Waals surface area contributed by atoms with Crippen LogP contribution in [0.2, 0.25) is 4.34 Å². The first-order valence-electron chi connectivity index (χ1n) is 12.8. The molecule has 40 heavy (non-hydrogen) atoms. The van der Waals surface area contributed by atoms with Crippen LogP contribution < -0.4 is 15.5 Å². The third-order valence-corrected chi connectivity index (χ3v) is 8.12. The molecule has 2 aliphatic rings. The molecule has 3 amide bonds. The van der Waals surface area contributed by atoms with E-state index < -0.39 is 48.7 Å². The van der Waals surface area contributed by atoms with Crippen molar-refractivity contribution in [2.45, 2.75) is 38.2 Å². The van der Waals surface area contributed by atoms with Gasteiger partial charge in [-0.05, 0) is 49.1 Å². The van der Waals surface area contributed by atoms with E-state index in [-0.39, 0.29) is 50.1 Å². The Morgan fingerprint density at radius 3 is 2.55 bits per heavy atom. The van der Waals surface area contributed by atoms with Crippen LogP contribution in [0.4, 0.5) is 28.9 Å². The highest BCUT2D eigenvalue weighted by Crippen LogP contribution is 2.33. The predicted molar refractivity (Wildman–Crippen MR) is 144 cm³/mol. The van der Waals surface area contributed by atoms with E-state index in [0.29, 0.717) is 9.21 Å². The Hall–Kier alpha value is -2.74. The number of benzene rings is 1. The summed E-state index contributed by atoms with van der Waals surface area (Å²) in [5.41, 5.74) is -0.456. The van der Waals surface area contributed by atoms with Crippen molar-refractivity contribution in [2.24, 2.45) is 5.92 Å². The summed E-state index contributed by atoms with van der Waals surface area (Å²) < 4.78 is 60.6. The van der Waals surface area contributed by atoms with Gasteiger partial charge in [-0.1, -0.05) is 18.0 Å². The summed E-state index contributed by atoms with van der Waals surface area (Å²) in [5, 5.41) is 5.17. The van der Waals surface area contributed by atoms with Gasteiger partial charge in [-0.3, -0.25) is 19.3 Å². The third-order valence-electron chi connectivity index (χ3n) is 6.89. The van der Waals surface area contributed by atoms with Gasteiger partial charge in [-0.2, -0.15) is 0 Å². The number of alkyl halides is 4. The maximum Gasteiger partial charge on any atom is 0.265 e. The largest absolute Gasteiger partial charge is 0.370 e. The fraction of sp³-hybridized carbons (Fsp3) is 0.500. The number of carbonyl (C=O) groups is 3. The number of thiophene rings is 1. The normalized spacial score (nSPS) is 16.9. The van der Waals surface area contributed by atoms with Crippen LogP contribution in [0.1, 0.15) is 40.9 Å². The van der Waals surface area contributed by atoms with Crippen LogP contribution in [0, 0.1) is 5.92 Å². The molecule has 0 spiro atoms. The number of anilines is 2. The van der Waals surface area contributed by atoms with Crippen molar-refractivity contribution in [3.63, 3.8) is 0 Å². The molecule has 1 aromatic heterocycles. The molecule has 1 aliphatic carbocycles. The van der Waals surface area contributed by atoms with Gasteiger partial charge in [0.05, 0.1) is 28.1 Å². The van der Waals surface area contributed by atoms with Gasteiger partial charge < -0.3 is 20.3 Å². The highest BCUT2D eigenvalue weighted by Gasteiger charge is 2.33. The smallest absolute Gasteiger partial charge is 0.265 e. The summed E-state index contributed by atoms with van der Waals surface area (Å²) in [6.45, 7) is -0.696. The fourth-order valence-electron chi connectivity index (χ4n) is 4.66. The molecule has 4 rings (SSSR count). The van der Waals surface area contributed by atoms with E-state index in [0.717, 1.165) is 36.7 Å². The molecule has 1 saturated heterocycles. The summed E-state index contributed by atoms with van der Waals surface area (Å²) in [4.78, 5) is 41.1. The van der Waals surface area contributed by atoms with Gasteiger partial charge in [0.25, 0.3) is 24.7 Å². The number of halogens is 5. The number of rotatable bonds is 12. The van der Waals surface area contributed by atoms with Crippen molar-refractivity contribution in [1.82, 2.24) is 10.2 Å². The zero-order valence-electron chi connectivity index (χ0n) is 21.4. The van der Waals surface area contributed by atoms with E-state index in [1.807, 2.05) is 0 Å². The Morgan fingerprint density at radius 1 is 1.18 bits per heavy atom. The van der Waals surface area contributed by atoms with E-state index in [4.69, 9.17) is 16.3 Å². The number of ether oxygens (including phenoxy) is 1. The quantitative estimate of drug-likeness (QED) is 0.340. The SMILES string of the molecule is O=C(NC[C@@H](C(=O)Nc1ccc(N2CCOCC2=O)c(C(F)F)c1)N(CC(F)F)CC1CCC1)c1ccc(Cl)s1. The third kappa shape index (κ3) is 7.71. The van der Waals surface area contributed by atoms with Gasteiger partial charge in [0.15, 0.2) is 0 Å². The van der Waals surface area contributed by atoms with Crippen molar-refractivity contribution in [2.75, 3.05) is 49.6 Å². The lowest BCUT2D eigenvalue weighted by Gasteiger charge is -2.36. The number of nitrogens with zero attached hydrogens (tertiary/aromatic N) is 2. The molecule has 2 fully saturated rings. The Labute approximate surface area is 237 Å². The Morgan fingerprint density at radius 2 is 1.95 bits per heavy atom. The maximum atomic E-state index is 14.0. The lowest BCUT2D eigenvalue weighted by atomic mass is 9.85. The molecule has 1 aliphatic heterocycles. The van der Waals surface area contributed by atoms with Crippen LogP contribution in [0.3, 0.4) is 0 Å². The van der Waals surface area contributed by atoms with Gasteiger partial charge >= 0.3 is 0 Å². The standard InChI is InChI=1S/C26H29ClF4N4O4S/c27-21-7-6-20(40-21)26(38)32-11-19(34(13-22(28)29)12-15-2-1-3-15)25(37)33-16-4-5-18(17(10-16)24(30)31)35-8-9-39-14-23(35)36/h4-7,10,15,19,22,24H,1-3,8-9,11-14H2,(H,32,38)(H,33,37)/t19-/m0/s1. The van der Waals surface area contributed by atoms with E-state index >= 15 is 0 Å². The second-order valence-corrected chi connectivity index (χ2v) is 11.3. The molecule has 14 heteroatoms. The van der Waals surface area contributed by atoms with Crippen molar-refractivity contribution in [3.05, 3.63) is 45.1 Å². The minimum Gasteiger partial charge on any atom is -0.370 e. The number of morpholine rings is 1. The van der Waals surface area contributed by atoms with Crippen LogP contribution in [0.15, 0.2) is 30.3 Å². The molecule has 8 nitrogen and oxygen atoms in total. The number of hydrogen-bond acceptors (Lipinski definition) is 6. The Kier molecular flexibility index (Phi) is 10.4. The fourth-order valence-corrected chi connectivity index (χ4v) is 5.62. The molecule has 0 unspecified atom stereocenters. The van der Waals surface area contributed by atoms with Gasteiger partial charge in [-0.15, -0.1) is 11.3 Å². The zero-order valence-corrected chi connectivity index (χ0v) is 23.0. The summed E-state index contributed by atoms with van der Waals surface area (Å²) in [5.74, 6) is -1.59. The number of hydrogen-bond donors (Lipinski definition) is 2. The van der Waals surface area contributed by atoms with E-state index in [9.17, 15) is 31.9 Å². The van der Waals surface area contributed by atoms with E-state index in [1.54, 1.807) is 6.07 Å². The lowest BCUT2D eigenvalue weighted by molar-refractivity contribution is -0.125. The monoisotopic (exact) mass is 604 g/mol. The minimum atomic E-state index is -2.95. The molecule has 0 bridgehead atoms. The second-order valence-electron chi connectivity index (χ2n) is 9.63. The minimum absolute atomic E-state index is 0.00373. The van der Waals surface area contributed by atoms with Crippen LogP contribution in [0.5, 0.6) is 0 Å². The van der Waals surface area contributed by atoms with E-state index in [2.05, 4.69) is 10.6 Å². The highest BCUT2D eigenvalue weighted by molar-refractivity contribution is 7.18. The lowest BCUT2D eigenvalue weighted by Crippen LogP contribution is -2.53. The van der Waals surface area contributed by atoms with Gasteiger partial charge in [0.1, 0.15) is 12.6 Å². The molecule has 0 radical (unpaired) electrons. The van der Waals surface area contributed by atoms with Crippen LogP contribution in [-0.2, 0) is 14.3 Å². The number of nitrogens with one attached hydrogen (secondary N) is 2. The summed E-state index contributed by atoms with van der Waals surface area (Å²) in [6, 6.07) is 5.59. The van der Waals surface area contributed by atoms with Crippen molar-refractivity contribution in [1.29, 1.82) is 0 Å². The first-order chi connectivity index (χ1) is 19.1. The summed E-state index contributed by atoms with van der Waals surface area (Å²) in [7, 11) is 0. The second kappa shape index (κ2) is 13.7. The van der Waals surface area contributed by atoms with Crippen molar-refractivity contribution >= 4 is 52.0 Å². The molecule has 2 heterocycles. The zero-order chi connectivity index (χ0) is 28.8. The summed E-state index contributed by atoms with van der Waals surface area (Å²) >= 11 is 6.93. The van der Waals surface area contributed by atoms with Crippen molar-refractivity contribution in [3.8, 4) is 0 Å². The van der Waals surface area contributed by atoms with Crippen LogP contribution >= 0.6 is 22.9 Å². The molecule has 1 saturated carbocycles. The first-order valence-corrected chi connectivity index (χ1v) is 14.0.